The summed E-state index contributed by atoms with van der Waals surface area (Å²) in [6.07, 6.45) is 1.09. The van der Waals surface area contributed by atoms with Gasteiger partial charge in [0.2, 0.25) is 5.95 Å². The predicted molar refractivity (Wildman–Crippen MR) is 92.9 cm³/mol. The molecule has 0 bridgehead atoms. The summed E-state index contributed by atoms with van der Waals surface area (Å²) in [4.78, 5) is 13.9. The van der Waals surface area contributed by atoms with Crippen LogP contribution in [0.2, 0.25) is 0 Å². The van der Waals surface area contributed by atoms with E-state index in [9.17, 15) is 0 Å². The average Bonchev–Trinajstić information content (AvgIpc) is 2.47. The largest absolute Gasteiger partial charge is 0.388 e. The van der Waals surface area contributed by atoms with Crippen molar-refractivity contribution >= 4 is 23.2 Å². The fraction of sp³-hybridized carbons (Fsp3) is 0.667. The minimum Gasteiger partial charge on any atom is -0.388 e. The quantitative estimate of drug-likeness (QED) is 0.704. The number of aryl methyl sites for hydroxylation is 1. The van der Waals surface area contributed by atoms with Crippen LogP contribution in [0, 0.1) is 6.92 Å². The smallest absolute Gasteiger partial charge is 0.226 e. The Morgan fingerprint density at radius 2 is 1.81 bits per heavy atom. The van der Waals surface area contributed by atoms with Gasteiger partial charge in [-0.3, -0.25) is 0 Å². The maximum Gasteiger partial charge on any atom is 0.226 e. The Hall–Kier alpha value is -1.27. The van der Waals surface area contributed by atoms with Gasteiger partial charge < -0.3 is 15.5 Å². The second-order valence-corrected chi connectivity index (χ2v) is 5.46. The van der Waals surface area contributed by atoms with E-state index in [1.165, 1.54) is 0 Å². The van der Waals surface area contributed by atoms with Crippen LogP contribution in [-0.4, -0.2) is 52.6 Å². The Bertz CT molecular complexity index is 459. The number of nitrogens with zero attached hydrogens (tertiary/aromatic N) is 4. The molecule has 6 heteroatoms. The van der Waals surface area contributed by atoms with Crippen molar-refractivity contribution in [3.05, 3.63) is 17.5 Å². The highest BCUT2D eigenvalue weighted by Gasteiger charge is 2.11. The molecule has 1 aromatic rings. The van der Waals surface area contributed by atoms with E-state index < -0.39 is 0 Å². The van der Waals surface area contributed by atoms with Gasteiger partial charge in [0.15, 0.2) is 0 Å². The molecule has 118 valence electrons. The number of hydrogen-bond donors (Lipinski definition) is 1. The van der Waals surface area contributed by atoms with Crippen molar-refractivity contribution in [1.82, 2.24) is 14.9 Å². The fourth-order valence-corrected chi connectivity index (χ4v) is 2.35. The third-order valence-corrected chi connectivity index (χ3v) is 3.77. The molecule has 0 amide bonds. The summed E-state index contributed by atoms with van der Waals surface area (Å²) in [7, 11) is 0. The van der Waals surface area contributed by atoms with Gasteiger partial charge in [0.25, 0.3) is 0 Å². The summed E-state index contributed by atoms with van der Waals surface area (Å²) in [5.41, 5.74) is 7.23. The molecule has 0 aliphatic carbocycles. The van der Waals surface area contributed by atoms with Gasteiger partial charge in [0, 0.05) is 18.8 Å². The van der Waals surface area contributed by atoms with E-state index in [-0.39, 0.29) is 0 Å². The highest BCUT2D eigenvalue weighted by molar-refractivity contribution is 7.80. The second kappa shape index (κ2) is 8.89. The summed E-state index contributed by atoms with van der Waals surface area (Å²) >= 11 is 5.02. The van der Waals surface area contributed by atoms with E-state index in [1.54, 1.807) is 0 Å². The standard InChI is InChI=1S/C15H27N5S/c1-5-19(6-2)9-8-10-20(7-3)15-17-12(4)11-13(18-15)14(16)21/h11H,5-10H2,1-4H3,(H2,16,21). The normalized spacial score (nSPS) is 10.9. The Morgan fingerprint density at radius 1 is 1.14 bits per heavy atom. The van der Waals surface area contributed by atoms with Crippen LogP contribution in [0.4, 0.5) is 5.95 Å². The topological polar surface area (TPSA) is 58.3 Å². The lowest BCUT2D eigenvalue weighted by Crippen LogP contribution is -2.31. The molecule has 2 N–H and O–H groups in total. The van der Waals surface area contributed by atoms with E-state index in [1.807, 2.05) is 13.0 Å². The summed E-state index contributed by atoms with van der Waals surface area (Å²) < 4.78 is 0. The molecule has 0 atom stereocenters. The van der Waals surface area contributed by atoms with Gasteiger partial charge in [-0.25, -0.2) is 9.97 Å². The third kappa shape index (κ3) is 5.55. The van der Waals surface area contributed by atoms with E-state index >= 15 is 0 Å². The third-order valence-electron chi connectivity index (χ3n) is 3.56. The molecule has 0 aromatic carbocycles. The van der Waals surface area contributed by atoms with Crippen molar-refractivity contribution < 1.29 is 0 Å². The molecule has 5 nitrogen and oxygen atoms in total. The first-order chi connectivity index (χ1) is 10.0. The molecular formula is C15H27N5S. The van der Waals surface area contributed by atoms with E-state index in [4.69, 9.17) is 18.0 Å². The molecule has 1 heterocycles. The SMILES string of the molecule is CCN(CC)CCCN(CC)c1nc(C)cc(C(N)=S)n1. The minimum atomic E-state index is 0.320. The van der Waals surface area contributed by atoms with Crippen molar-refractivity contribution in [2.45, 2.75) is 34.1 Å². The van der Waals surface area contributed by atoms with Crippen LogP contribution in [0.5, 0.6) is 0 Å². The van der Waals surface area contributed by atoms with Crippen LogP contribution in [-0.2, 0) is 0 Å². The van der Waals surface area contributed by atoms with Crippen LogP contribution >= 0.6 is 12.2 Å². The molecule has 0 spiro atoms. The van der Waals surface area contributed by atoms with E-state index in [0.717, 1.165) is 50.8 Å². The average molecular weight is 309 g/mol. The highest BCUT2D eigenvalue weighted by atomic mass is 32.1. The predicted octanol–water partition coefficient (Wildman–Crippen LogP) is 1.98. The van der Waals surface area contributed by atoms with Crippen LogP contribution in [0.1, 0.15) is 38.6 Å². The number of rotatable bonds is 9. The zero-order valence-corrected chi connectivity index (χ0v) is 14.4. The monoisotopic (exact) mass is 309 g/mol. The first kappa shape index (κ1) is 17.8. The summed E-state index contributed by atoms with van der Waals surface area (Å²) in [6.45, 7) is 13.5. The van der Waals surface area contributed by atoms with Crippen LogP contribution in [0.15, 0.2) is 6.07 Å². The number of aromatic nitrogens is 2. The lowest BCUT2D eigenvalue weighted by atomic mass is 10.3. The van der Waals surface area contributed by atoms with E-state index in [2.05, 4.69) is 40.5 Å². The Kier molecular flexibility index (Phi) is 7.53. The first-order valence-corrected chi connectivity index (χ1v) is 8.05. The number of nitrogens with two attached hydrogens (primary N) is 1. The molecule has 0 fully saturated rings. The van der Waals surface area contributed by atoms with Crippen molar-refractivity contribution in [3.63, 3.8) is 0 Å². The van der Waals surface area contributed by atoms with Crippen molar-refractivity contribution in [3.8, 4) is 0 Å². The molecule has 0 aliphatic heterocycles. The molecule has 0 radical (unpaired) electrons. The summed E-state index contributed by atoms with van der Waals surface area (Å²) in [5.74, 6) is 0.722. The Labute approximate surface area is 133 Å². The van der Waals surface area contributed by atoms with Gasteiger partial charge in [-0.2, -0.15) is 0 Å². The molecule has 0 saturated heterocycles. The lowest BCUT2D eigenvalue weighted by molar-refractivity contribution is 0.300. The molecular weight excluding hydrogens is 282 g/mol. The van der Waals surface area contributed by atoms with Gasteiger partial charge in [-0.05, 0) is 46.0 Å². The van der Waals surface area contributed by atoms with Gasteiger partial charge in [0.05, 0.1) is 0 Å². The maximum absolute atomic E-state index is 5.69. The van der Waals surface area contributed by atoms with Crippen molar-refractivity contribution in [2.24, 2.45) is 5.73 Å². The zero-order valence-electron chi connectivity index (χ0n) is 13.6. The van der Waals surface area contributed by atoms with Crippen molar-refractivity contribution in [2.75, 3.05) is 37.6 Å². The molecule has 1 rings (SSSR count). The Balaban J connectivity index is 2.73. The van der Waals surface area contributed by atoms with Crippen LogP contribution < -0.4 is 10.6 Å². The Morgan fingerprint density at radius 3 is 2.33 bits per heavy atom. The van der Waals surface area contributed by atoms with Gasteiger partial charge in [0.1, 0.15) is 10.7 Å². The highest BCUT2D eigenvalue weighted by Crippen LogP contribution is 2.11. The van der Waals surface area contributed by atoms with Gasteiger partial charge >= 0.3 is 0 Å². The van der Waals surface area contributed by atoms with Crippen LogP contribution in [0.25, 0.3) is 0 Å². The maximum atomic E-state index is 5.69. The van der Waals surface area contributed by atoms with Gasteiger partial charge in [-0.15, -0.1) is 0 Å². The number of anilines is 1. The molecule has 0 unspecified atom stereocenters. The zero-order chi connectivity index (χ0) is 15.8. The fourth-order valence-electron chi connectivity index (χ4n) is 2.25. The summed E-state index contributed by atoms with van der Waals surface area (Å²) in [6, 6.07) is 1.83. The number of thiocarbonyl (C=S) groups is 1. The van der Waals surface area contributed by atoms with Crippen LogP contribution in [0.3, 0.4) is 0 Å². The number of hydrogen-bond acceptors (Lipinski definition) is 5. The summed E-state index contributed by atoms with van der Waals surface area (Å²) in [5, 5.41) is 0. The van der Waals surface area contributed by atoms with Gasteiger partial charge in [-0.1, -0.05) is 26.1 Å². The second-order valence-electron chi connectivity index (χ2n) is 5.02. The molecule has 0 saturated carbocycles. The minimum absolute atomic E-state index is 0.320. The van der Waals surface area contributed by atoms with E-state index in [0.29, 0.717) is 10.7 Å². The van der Waals surface area contributed by atoms with Crippen molar-refractivity contribution in [1.29, 1.82) is 0 Å². The first-order valence-electron chi connectivity index (χ1n) is 7.64. The molecule has 0 aliphatic rings. The molecule has 21 heavy (non-hydrogen) atoms. The lowest BCUT2D eigenvalue weighted by Gasteiger charge is -2.24. The molecule has 1 aromatic heterocycles.